The van der Waals surface area contributed by atoms with E-state index in [1.807, 2.05) is 0 Å². The van der Waals surface area contributed by atoms with Gasteiger partial charge in [-0.2, -0.15) is 8.42 Å². The molecular formula is C5H8ClNO5S. The highest BCUT2D eigenvalue weighted by molar-refractivity contribution is 7.85. The highest BCUT2D eigenvalue weighted by Crippen LogP contribution is 2.24. The van der Waals surface area contributed by atoms with Crippen molar-refractivity contribution < 1.29 is 22.5 Å². The molecular weight excluding hydrogens is 222 g/mol. The van der Waals surface area contributed by atoms with Gasteiger partial charge in [0.05, 0.1) is 6.54 Å². The molecule has 1 saturated heterocycles. The number of nitrogens with zero attached hydrogens (tertiary/aromatic N) is 1. The number of carbonyl (C=O) groups is 1. The molecule has 1 unspecified atom stereocenters. The zero-order valence-corrected chi connectivity index (χ0v) is 8.30. The third-order valence-corrected chi connectivity index (χ3v) is 2.73. The van der Waals surface area contributed by atoms with E-state index < -0.39 is 27.6 Å². The monoisotopic (exact) mass is 229 g/mol. The summed E-state index contributed by atoms with van der Waals surface area (Å²) in [6.45, 7) is 1.30. The van der Waals surface area contributed by atoms with E-state index in [2.05, 4.69) is 4.74 Å². The fraction of sp³-hybridized carbons (Fsp3) is 0.800. The lowest BCUT2D eigenvalue weighted by Gasteiger charge is -2.18. The molecule has 0 bridgehead atoms. The highest BCUT2D eigenvalue weighted by Gasteiger charge is 2.44. The van der Waals surface area contributed by atoms with Gasteiger partial charge >= 0.3 is 6.09 Å². The molecule has 1 N–H and O–H groups in total. The normalized spacial score (nSPS) is 29.2. The molecule has 1 heterocycles. The summed E-state index contributed by atoms with van der Waals surface area (Å²) in [5.41, 5.74) is -1.27. The molecule has 0 aliphatic carbocycles. The maximum absolute atomic E-state index is 10.8. The molecule has 1 aliphatic rings. The molecule has 1 atom stereocenters. The summed E-state index contributed by atoms with van der Waals surface area (Å²) < 4.78 is 34.9. The van der Waals surface area contributed by atoms with Crippen molar-refractivity contribution in [3.63, 3.8) is 0 Å². The SMILES string of the molecule is CC1(CS(=O)(=O)O)CN(Cl)C(=O)O1. The number of hydrogen-bond donors (Lipinski definition) is 1. The molecule has 0 saturated carbocycles. The molecule has 8 heteroatoms. The Hall–Kier alpha value is -0.530. The molecule has 0 aromatic heterocycles. The van der Waals surface area contributed by atoms with Gasteiger partial charge in [-0.3, -0.25) is 4.55 Å². The van der Waals surface area contributed by atoms with E-state index in [1.165, 1.54) is 6.92 Å². The van der Waals surface area contributed by atoms with Crippen LogP contribution in [0.1, 0.15) is 6.92 Å². The Morgan fingerprint density at radius 3 is 2.62 bits per heavy atom. The van der Waals surface area contributed by atoms with Crippen molar-refractivity contribution in [2.45, 2.75) is 12.5 Å². The van der Waals surface area contributed by atoms with Crippen LogP contribution < -0.4 is 0 Å². The van der Waals surface area contributed by atoms with Crippen molar-refractivity contribution in [2.75, 3.05) is 12.3 Å². The van der Waals surface area contributed by atoms with Crippen molar-refractivity contribution in [1.29, 1.82) is 0 Å². The van der Waals surface area contributed by atoms with E-state index in [0.717, 1.165) is 4.42 Å². The quantitative estimate of drug-likeness (QED) is 0.542. The molecule has 0 spiro atoms. The molecule has 1 aliphatic heterocycles. The van der Waals surface area contributed by atoms with Crippen molar-refractivity contribution in [2.24, 2.45) is 0 Å². The zero-order chi connectivity index (χ0) is 10.3. The number of ether oxygens (including phenoxy) is 1. The van der Waals surface area contributed by atoms with E-state index >= 15 is 0 Å². The van der Waals surface area contributed by atoms with Crippen LogP contribution in [0.2, 0.25) is 0 Å². The van der Waals surface area contributed by atoms with Crippen LogP contribution in [-0.4, -0.2) is 41.4 Å². The lowest BCUT2D eigenvalue weighted by molar-refractivity contribution is 0.0876. The van der Waals surface area contributed by atoms with Crippen LogP contribution in [0.25, 0.3) is 0 Å². The van der Waals surface area contributed by atoms with Crippen LogP contribution in [0.5, 0.6) is 0 Å². The third kappa shape index (κ3) is 2.71. The lowest BCUT2D eigenvalue weighted by atomic mass is 10.1. The maximum atomic E-state index is 10.8. The summed E-state index contributed by atoms with van der Waals surface area (Å²) in [7, 11) is -4.18. The first-order valence-corrected chi connectivity index (χ1v) is 5.28. The van der Waals surface area contributed by atoms with E-state index in [0.29, 0.717) is 0 Å². The van der Waals surface area contributed by atoms with E-state index in [-0.39, 0.29) is 6.54 Å². The predicted molar refractivity (Wildman–Crippen MR) is 43.9 cm³/mol. The Balaban J connectivity index is 2.76. The molecule has 0 aromatic carbocycles. The minimum Gasteiger partial charge on any atom is -0.439 e. The van der Waals surface area contributed by atoms with Crippen LogP contribution in [0, 0.1) is 0 Å². The predicted octanol–water partition coefficient (Wildman–Crippen LogP) is 0.239. The fourth-order valence-electron chi connectivity index (χ4n) is 1.11. The van der Waals surface area contributed by atoms with Gasteiger partial charge in [-0.05, 0) is 6.92 Å². The molecule has 0 aromatic rings. The Kier molecular flexibility index (Phi) is 2.44. The van der Waals surface area contributed by atoms with Gasteiger partial charge in [0.2, 0.25) is 0 Å². The molecule has 13 heavy (non-hydrogen) atoms. The molecule has 76 valence electrons. The zero-order valence-electron chi connectivity index (χ0n) is 6.73. The lowest BCUT2D eigenvalue weighted by Crippen LogP contribution is -2.37. The van der Waals surface area contributed by atoms with Crippen molar-refractivity contribution in [3.8, 4) is 0 Å². The fourth-order valence-corrected chi connectivity index (χ4v) is 2.32. The average molecular weight is 230 g/mol. The van der Waals surface area contributed by atoms with Gasteiger partial charge in [0.15, 0.2) is 0 Å². The Bertz CT molecular complexity index is 328. The van der Waals surface area contributed by atoms with Gasteiger partial charge < -0.3 is 4.74 Å². The van der Waals surface area contributed by atoms with Crippen molar-refractivity contribution >= 4 is 28.0 Å². The Morgan fingerprint density at radius 1 is 1.77 bits per heavy atom. The van der Waals surface area contributed by atoms with Gasteiger partial charge in [0, 0.05) is 11.8 Å². The van der Waals surface area contributed by atoms with Gasteiger partial charge in [0.25, 0.3) is 10.1 Å². The van der Waals surface area contributed by atoms with Gasteiger partial charge in [0.1, 0.15) is 11.4 Å². The number of hydrogen-bond acceptors (Lipinski definition) is 4. The van der Waals surface area contributed by atoms with Gasteiger partial charge in [-0.25, -0.2) is 9.21 Å². The smallest absolute Gasteiger partial charge is 0.425 e. The van der Waals surface area contributed by atoms with Gasteiger partial charge in [-0.15, -0.1) is 0 Å². The highest BCUT2D eigenvalue weighted by atomic mass is 35.5. The summed E-state index contributed by atoms with van der Waals surface area (Å²) in [5, 5.41) is 0. The topological polar surface area (TPSA) is 83.9 Å². The second-order valence-corrected chi connectivity index (χ2v) is 4.92. The third-order valence-electron chi connectivity index (χ3n) is 1.49. The maximum Gasteiger partial charge on any atom is 0.425 e. The summed E-state index contributed by atoms with van der Waals surface area (Å²) in [4.78, 5) is 10.8. The van der Waals surface area contributed by atoms with Crippen LogP contribution >= 0.6 is 11.8 Å². The molecule has 1 fully saturated rings. The molecule has 6 nitrogen and oxygen atoms in total. The number of rotatable bonds is 2. The van der Waals surface area contributed by atoms with Crippen molar-refractivity contribution in [1.82, 2.24) is 4.42 Å². The largest absolute Gasteiger partial charge is 0.439 e. The minimum absolute atomic E-state index is 0.0762. The Morgan fingerprint density at radius 2 is 2.31 bits per heavy atom. The first kappa shape index (κ1) is 10.6. The standard InChI is InChI=1S/C5H8ClNO5S/c1-5(3-13(9,10)11)2-7(6)4(8)12-5/h2-3H2,1H3,(H,9,10,11). The molecule has 1 amide bonds. The molecule has 1 rings (SSSR count). The van der Waals surface area contributed by atoms with E-state index in [4.69, 9.17) is 16.3 Å². The van der Waals surface area contributed by atoms with Crippen LogP contribution in [0.4, 0.5) is 4.79 Å². The van der Waals surface area contributed by atoms with Crippen LogP contribution in [0.3, 0.4) is 0 Å². The number of carbonyl (C=O) groups excluding carboxylic acids is 1. The first-order valence-electron chi connectivity index (χ1n) is 3.33. The van der Waals surface area contributed by atoms with Crippen LogP contribution in [-0.2, 0) is 14.9 Å². The molecule has 0 radical (unpaired) electrons. The Labute approximate surface area is 80.3 Å². The number of amides is 1. The van der Waals surface area contributed by atoms with Gasteiger partial charge in [-0.1, -0.05) is 0 Å². The minimum atomic E-state index is -4.18. The summed E-state index contributed by atoms with van der Waals surface area (Å²) in [5.74, 6) is -0.658. The second-order valence-electron chi connectivity index (χ2n) is 3.06. The average Bonchev–Trinajstić information content (AvgIpc) is 2.00. The summed E-state index contributed by atoms with van der Waals surface area (Å²) >= 11 is 5.36. The number of halogens is 1. The van der Waals surface area contributed by atoms with E-state index in [9.17, 15) is 13.2 Å². The summed E-state index contributed by atoms with van der Waals surface area (Å²) in [6, 6.07) is 0. The first-order chi connectivity index (χ1) is 5.72. The second kappa shape index (κ2) is 3.00. The van der Waals surface area contributed by atoms with E-state index in [1.54, 1.807) is 0 Å². The van der Waals surface area contributed by atoms with Crippen molar-refractivity contribution in [3.05, 3.63) is 0 Å². The number of cyclic esters (lactones) is 1. The summed E-state index contributed by atoms with van der Waals surface area (Å²) in [6.07, 6.45) is -0.812. The van der Waals surface area contributed by atoms with Crippen LogP contribution in [0.15, 0.2) is 0 Å².